The number of aliphatic hydroxyl groups is 1. The van der Waals surface area contributed by atoms with Gasteiger partial charge in [-0.3, -0.25) is 14.4 Å². The second kappa shape index (κ2) is 9.91. The first-order valence-corrected chi connectivity index (χ1v) is 14.0. The van der Waals surface area contributed by atoms with Crippen LogP contribution in [0.5, 0.6) is 0 Å². The molecule has 0 fully saturated rings. The number of carbonyl (C=O) groups is 3. The van der Waals surface area contributed by atoms with Crippen molar-refractivity contribution in [1.29, 1.82) is 0 Å². The van der Waals surface area contributed by atoms with Crippen LogP contribution in [0.15, 0.2) is 72.4 Å². The number of esters is 1. The van der Waals surface area contributed by atoms with Crippen LogP contribution in [0.2, 0.25) is 0 Å². The number of Topliss-reactive ketones (excluding diaryl/α,β-unsaturated/α-hetero) is 2. The molecule has 0 radical (unpaired) electrons. The average molecular weight is 553 g/mol. The fourth-order valence-electron chi connectivity index (χ4n) is 5.51. The van der Waals surface area contributed by atoms with Crippen LogP contribution >= 0.6 is 0 Å². The van der Waals surface area contributed by atoms with Crippen LogP contribution < -0.4 is 0 Å². The van der Waals surface area contributed by atoms with E-state index in [0.29, 0.717) is 21.9 Å². The van der Waals surface area contributed by atoms with Crippen LogP contribution in [0.25, 0.3) is 33.0 Å². The lowest BCUT2D eigenvalue weighted by atomic mass is 9.86. The number of benzene rings is 2. The number of aliphatic hydroxyl groups excluding tert-OH is 1. The highest BCUT2D eigenvalue weighted by molar-refractivity contribution is 6.48. The smallest absolute Gasteiger partial charge is 0.308 e. The van der Waals surface area contributed by atoms with Crippen LogP contribution in [0.1, 0.15) is 72.4 Å². The molecule has 0 unspecified atom stereocenters. The van der Waals surface area contributed by atoms with E-state index in [1.165, 1.54) is 6.92 Å². The molecule has 41 heavy (non-hydrogen) atoms. The van der Waals surface area contributed by atoms with E-state index in [1.54, 1.807) is 6.20 Å². The third-order valence-corrected chi connectivity index (χ3v) is 8.58. The Hall–Kier alpha value is -4.39. The molecule has 0 saturated heterocycles. The number of rotatable bonds is 7. The zero-order chi connectivity index (χ0) is 29.9. The Balaban J connectivity index is 1.79. The number of para-hydroxylation sites is 2. The van der Waals surface area contributed by atoms with Crippen LogP contribution in [0.4, 0.5) is 0 Å². The summed E-state index contributed by atoms with van der Waals surface area (Å²) >= 11 is 0. The van der Waals surface area contributed by atoms with E-state index in [4.69, 9.17) is 4.74 Å². The highest BCUT2D eigenvalue weighted by atomic mass is 16.5. The van der Waals surface area contributed by atoms with Gasteiger partial charge in [-0.15, -0.1) is 0 Å². The summed E-state index contributed by atoms with van der Waals surface area (Å²) in [7, 11) is 0. The van der Waals surface area contributed by atoms with Crippen molar-refractivity contribution in [3.63, 3.8) is 0 Å². The van der Waals surface area contributed by atoms with Crippen molar-refractivity contribution >= 4 is 50.5 Å². The van der Waals surface area contributed by atoms with Crippen LogP contribution in [-0.4, -0.2) is 31.8 Å². The topological polar surface area (TPSA) is 90.5 Å². The van der Waals surface area contributed by atoms with E-state index in [1.807, 2.05) is 54.7 Å². The maximum atomic E-state index is 14.2. The summed E-state index contributed by atoms with van der Waals surface area (Å²) in [6.45, 7) is 13.7. The van der Waals surface area contributed by atoms with E-state index in [0.717, 1.165) is 23.9 Å². The number of allylic oxidation sites excluding steroid dienone is 2. The highest BCUT2D eigenvalue weighted by Crippen LogP contribution is 2.42. The summed E-state index contributed by atoms with van der Waals surface area (Å²) in [5, 5.41) is 12.9. The molecule has 4 aromatic rings. The van der Waals surface area contributed by atoms with Gasteiger partial charge in [0.15, 0.2) is 11.5 Å². The van der Waals surface area contributed by atoms with E-state index in [9.17, 15) is 19.5 Å². The largest absolute Gasteiger partial charge is 0.504 e. The lowest BCUT2D eigenvalue weighted by molar-refractivity contribution is -0.139. The second-order valence-corrected chi connectivity index (χ2v) is 11.9. The van der Waals surface area contributed by atoms with Crippen LogP contribution in [0.3, 0.4) is 0 Å². The zero-order valence-electron chi connectivity index (χ0n) is 24.7. The maximum absolute atomic E-state index is 14.2. The molecule has 0 aliphatic heterocycles. The molecule has 2 heterocycles. The standard InChI is InChI=1S/C34H36N2O5/c1-8-33(4,5)35-18-23(21-14-10-12-16-25(21)35)27-29(38)30(39)28(32(31(27)40)41-20(3)37)24-19-36(34(6,7)9-2)26-17-13-11-15-22(24)26/h10-19,38H,8-9H2,1-7H3. The van der Waals surface area contributed by atoms with Gasteiger partial charge in [-0.05, 0) is 52.7 Å². The summed E-state index contributed by atoms with van der Waals surface area (Å²) < 4.78 is 9.64. The normalized spacial score (nSPS) is 15.0. The van der Waals surface area contributed by atoms with Crippen molar-refractivity contribution in [1.82, 2.24) is 9.13 Å². The summed E-state index contributed by atoms with van der Waals surface area (Å²) in [5.74, 6) is -3.24. The van der Waals surface area contributed by atoms with E-state index < -0.39 is 23.3 Å². The van der Waals surface area contributed by atoms with Gasteiger partial charge in [0.05, 0.1) is 11.1 Å². The molecular formula is C34H36N2O5. The third kappa shape index (κ3) is 4.40. The number of fused-ring (bicyclic) bond motifs is 2. The second-order valence-electron chi connectivity index (χ2n) is 11.9. The zero-order valence-corrected chi connectivity index (χ0v) is 24.7. The molecule has 7 heteroatoms. The van der Waals surface area contributed by atoms with Gasteiger partial charge < -0.3 is 19.0 Å². The molecule has 1 aliphatic rings. The molecule has 1 aliphatic carbocycles. The maximum Gasteiger partial charge on any atom is 0.308 e. The van der Waals surface area contributed by atoms with Gasteiger partial charge in [-0.25, -0.2) is 0 Å². The van der Waals surface area contributed by atoms with Gasteiger partial charge >= 0.3 is 5.97 Å². The van der Waals surface area contributed by atoms with Crippen molar-refractivity contribution < 1.29 is 24.2 Å². The number of hydrogen-bond donors (Lipinski definition) is 1. The minimum absolute atomic E-state index is 0.120. The number of ether oxygens (including phenoxy) is 1. The minimum atomic E-state index is -0.764. The highest BCUT2D eigenvalue weighted by Gasteiger charge is 2.41. The van der Waals surface area contributed by atoms with Gasteiger partial charge in [0.25, 0.3) is 0 Å². The van der Waals surface area contributed by atoms with Crippen LogP contribution in [0, 0.1) is 0 Å². The Bertz CT molecular complexity index is 1810. The molecular weight excluding hydrogens is 516 g/mol. The number of aromatic nitrogens is 2. The van der Waals surface area contributed by atoms with Gasteiger partial charge in [0, 0.05) is 63.3 Å². The molecule has 2 aromatic carbocycles. The lowest BCUT2D eigenvalue weighted by Gasteiger charge is -2.26. The van der Waals surface area contributed by atoms with E-state index in [-0.39, 0.29) is 28.0 Å². The molecule has 212 valence electrons. The Morgan fingerprint density at radius 2 is 1.20 bits per heavy atom. The fraction of sp³-hybridized carbons (Fsp3) is 0.324. The fourth-order valence-corrected chi connectivity index (χ4v) is 5.51. The molecule has 0 bridgehead atoms. The summed E-state index contributed by atoms with van der Waals surface area (Å²) in [6, 6.07) is 15.1. The molecule has 2 aromatic heterocycles. The quantitative estimate of drug-likeness (QED) is 0.192. The number of nitrogens with zero attached hydrogens (tertiary/aromatic N) is 2. The number of carbonyl (C=O) groups excluding carboxylic acids is 3. The third-order valence-electron chi connectivity index (χ3n) is 8.58. The molecule has 5 rings (SSSR count). The first kappa shape index (κ1) is 28.1. The summed E-state index contributed by atoms with van der Waals surface area (Å²) in [4.78, 5) is 40.7. The monoisotopic (exact) mass is 552 g/mol. The minimum Gasteiger partial charge on any atom is -0.504 e. The average Bonchev–Trinajstić information content (AvgIpc) is 3.52. The molecule has 0 spiro atoms. The Kier molecular flexibility index (Phi) is 6.80. The first-order chi connectivity index (χ1) is 19.3. The molecule has 1 N–H and O–H groups in total. The van der Waals surface area contributed by atoms with Crippen LogP contribution in [-0.2, 0) is 30.2 Å². The van der Waals surface area contributed by atoms with Crippen molar-refractivity contribution in [3.05, 3.63) is 83.6 Å². The van der Waals surface area contributed by atoms with E-state index in [2.05, 4.69) is 50.7 Å². The number of hydrogen-bond acceptors (Lipinski definition) is 5. The van der Waals surface area contributed by atoms with E-state index >= 15 is 0 Å². The van der Waals surface area contributed by atoms with Gasteiger partial charge in [-0.2, -0.15) is 0 Å². The van der Waals surface area contributed by atoms with Crippen molar-refractivity contribution in [2.24, 2.45) is 0 Å². The SMILES string of the molecule is CCC(C)(C)n1cc(C2=C(O)C(=O)C(c3cn(C(C)(C)CC)c4ccccc34)=C(OC(C)=O)C2=O)c2ccccc21. The van der Waals surface area contributed by atoms with Gasteiger partial charge in [0.1, 0.15) is 0 Å². The lowest BCUT2D eigenvalue weighted by Crippen LogP contribution is -2.26. The molecule has 0 atom stereocenters. The van der Waals surface area contributed by atoms with Gasteiger partial charge in [-0.1, -0.05) is 50.2 Å². The molecule has 0 saturated carbocycles. The molecule has 0 amide bonds. The predicted molar refractivity (Wildman–Crippen MR) is 161 cm³/mol. The predicted octanol–water partition coefficient (Wildman–Crippen LogP) is 7.28. The van der Waals surface area contributed by atoms with Gasteiger partial charge in [0.2, 0.25) is 11.6 Å². The number of ketones is 2. The Morgan fingerprint density at radius 1 is 0.756 bits per heavy atom. The summed E-state index contributed by atoms with van der Waals surface area (Å²) in [6.07, 6.45) is 5.23. The van der Waals surface area contributed by atoms with Crippen molar-refractivity contribution in [3.8, 4) is 0 Å². The summed E-state index contributed by atoms with van der Waals surface area (Å²) in [5.41, 5.74) is 1.67. The molecule has 7 nitrogen and oxygen atoms in total. The Morgan fingerprint density at radius 3 is 1.63 bits per heavy atom. The Labute approximate surface area is 239 Å². The van der Waals surface area contributed by atoms with Crippen molar-refractivity contribution in [2.45, 2.75) is 72.4 Å². The first-order valence-electron chi connectivity index (χ1n) is 14.0. The van der Waals surface area contributed by atoms with Crippen molar-refractivity contribution in [2.75, 3.05) is 0 Å².